The van der Waals surface area contributed by atoms with Crippen LogP contribution in [0.2, 0.25) is 5.02 Å². The molecule has 0 amide bonds. The average molecular weight is 421 g/mol. The molecule has 0 saturated carbocycles. The van der Waals surface area contributed by atoms with Crippen molar-refractivity contribution in [3.63, 3.8) is 0 Å². The largest absolute Gasteiger partial charge is 0.416 e. The van der Waals surface area contributed by atoms with E-state index in [0.29, 0.717) is 32.8 Å². The summed E-state index contributed by atoms with van der Waals surface area (Å²) in [5, 5.41) is 14.1. The van der Waals surface area contributed by atoms with Crippen molar-refractivity contribution in [2.45, 2.75) is 17.0 Å². The molecule has 2 aromatic heterocycles. The average Bonchev–Trinajstić information content (AvgIpc) is 3.10. The molecule has 0 atom stereocenters. The number of thioether (sulfide) groups is 1. The number of hydrogen-bond donors (Lipinski definition) is 0. The van der Waals surface area contributed by atoms with Gasteiger partial charge in [0.15, 0.2) is 11.5 Å². The number of alkyl halides is 3. The minimum atomic E-state index is -4.35. The van der Waals surface area contributed by atoms with Gasteiger partial charge in [-0.2, -0.15) is 22.8 Å². The van der Waals surface area contributed by atoms with Gasteiger partial charge in [0.25, 0.3) is 0 Å². The third-order valence-corrected chi connectivity index (χ3v) is 5.22. The van der Waals surface area contributed by atoms with Crippen molar-refractivity contribution in [3.05, 3.63) is 76.8 Å². The molecule has 4 rings (SSSR count). The maximum absolute atomic E-state index is 12.9. The number of hydrogen-bond acceptors (Lipinski definition) is 4. The zero-order chi connectivity index (χ0) is 19.7. The Balaban J connectivity index is 1.58. The molecule has 2 heterocycles. The van der Waals surface area contributed by atoms with E-state index in [1.165, 1.54) is 17.8 Å². The quantitative estimate of drug-likeness (QED) is 0.394. The van der Waals surface area contributed by atoms with Crippen molar-refractivity contribution in [2.24, 2.45) is 0 Å². The van der Waals surface area contributed by atoms with Gasteiger partial charge in [-0.05, 0) is 48.0 Å². The van der Waals surface area contributed by atoms with Crippen LogP contribution in [0.4, 0.5) is 13.2 Å². The Labute approximate surface area is 167 Å². The van der Waals surface area contributed by atoms with Gasteiger partial charge in [-0.1, -0.05) is 41.6 Å². The van der Waals surface area contributed by atoms with E-state index in [4.69, 9.17) is 11.6 Å². The Kier molecular flexibility index (Phi) is 4.99. The highest BCUT2D eigenvalue weighted by atomic mass is 35.5. The Morgan fingerprint density at radius 1 is 0.964 bits per heavy atom. The van der Waals surface area contributed by atoms with E-state index < -0.39 is 11.7 Å². The van der Waals surface area contributed by atoms with E-state index in [9.17, 15) is 13.2 Å². The molecule has 2 aromatic carbocycles. The molecule has 0 aliphatic rings. The fraction of sp³-hybridized carbons (Fsp3) is 0.105. The van der Waals surface area contributed by atoms with Gasteiger partial charge in [0.05, 0.1) is 5.56 Å². The van der Waals surface area contributed by atoms with Gasteiger partial charge < -0.3 is 0 Å². The van der Waals surface area contributed by atoms with Gasteiger partial charge in [-0.3, -0.25) is 0 Å². The van der Waals surface area contributed by atoms with Gasteiger partial charge >= 0.3 is 6.18 Å². The van der Waals surface area contributed by atoms with E-state index in [2.05, 4.69) is 15.3 Å². The number of benzene rings is 2. The molecule has 4 nitrogen and oxygen atoms in total. The second kappa shape index (κ2) is 7.44. The first-order chi connectivity index (χ1) is 13.4. The lowest BCUT2D eigenvalue weighted by Gasteiger charge is -2.08. The summed E-state index contributed by atoms with van der Waals surface area (Å²) in [6.07, 6.45) is -4.35. The lowest BCUT2D eigenvalue weighted by Crippen LogP contribution is -2.05. The second-order valence-corrected chi connectivity index (χ2v) is 7.39. The zero-order valence-corrected chi connectivity index (χ0v) is 15.8. The summed E-state index contributed by atoms with van der Waals surface area (Å²) in [4.78, 5) is 0. The topological polar surface area (TPSA) is 43.1 Å². The summed E-state index contributed by atoms with van der Waals surface area (Å²) in [7, 11) is 0. The van der Waals surface area contributed by atoms with E-state index in [1.807, 2.05) is 12.1 Å². The van der Waals surface area contributed by atoms with Crippen molar-refractivity contribution in [1.29, 1.82) is 0 Å². The van der Waals surface area contributed by atoms with Crippen LogP contribution in [0, 0.1) is 0 Å². The zero-order valence-electron chi connectivity index (χ0n) is 14.2. The summed E-state index contributed by atoms with van der Waals surface area (Å²) < 4.78 is 40.2. The van der Waals surface area contributed by atoms with E-state index >= 15 is 0 Å². The first kappa shape index (κ1) is 18.8. The lowest BCUT2D eigenvalue weighted by atomic mass is 10.1. The van der Waals surface area contributed by atoms with E-state index in [1.54, 1.807) is 34.8 Å². The van der Waals surface area contributed by atoms with Crippen molar-refractivity contribution in [1.82, 2.24) is 19.8 Å². The predicted molar refractivity (Wildman–Crippen MR) is 102 cm³/mol. The minimum Gasteiger partial charge on any atom is -0.192 e. The lowest BCUT2D eigenvalue weighted by molar-refractivity contribution is -0.137. The molecule has 0 saturated heterocycles. The molecule has 0 fully saturated rings. The SMILES string of the molecule is FC(F)(F)c1cccc(CSc2ccc3nnc(-c4ccc(Cl)cc4)n3n2)c1. The summed E-state index contributed by atoms with van der Waals surface area (Å²) in [5.41, 5.74) is 1.30. The number of aromatic nitrogens is 4. The van der Waals surface area contributed by atoms with Crippen LogP contribution >= 0.6 is 23.4 Å². The standard InChI is InChI=1S/C19H12ClF3N4S/c20-15-6-4-13(5-7-15)18-25-24-16-8-9-17(26-27(16)18)28-11-12-2-1-3-14(10-12)19(21,22)23/h1-10H,11H2. The van der Waals surface area contributed by atoms with Crippen LogP contribution in [0.3, 0.4) is 0 Å². The highest BCUT2D eigenvalue weighted by Gasteiger charge is 2.30. The van der Waals surface area contributed by atoms with Crippen molar-refractivity contribution < 1.29 is 13.2 Å². The van der Waals surface area contributed by atoms with Gasteiger partial charge in [-0.15, -0.1) is 10.2 Å². The molecule has 0 unspecified atom stereocenters. The van der Waals surface area contributed by atoms with Gasteiger partial charge in [0.1, 0.15) is 5.03 Å². The second-order valence-electron chi connectivity index (χ2n) is 5.96. The Hall–Kier alpha value is -2.58. The minimum absolute atomic E-state index is 0.362. The van der Waals surface area contributed by atoms with Crippen LogP contribution in [-0.2, 0) is 11.9 Å². The van der Waals surface area contributed by atoms with E-state index in [-0.39, 0.29) is 0 Å². The third-order valence-electron chi connectivity index (χ3n) is 3.98. The highest BCUT2D eigenvalue weighted by molar-refractivity contribution is 7.98. The maximum atomic E-state index is 12.9. The smallest absolute Gasteiger partial charge is 0.192 e. The van der Waals surface area contributed by atoms with E-state index in [0.717, 1.165) is 17.7 Å². The summed E-state index contributed by atoms with van der Waals surface area (Å²) >= 11 is 7.26. The molecule has 142 valence electrons. The van der Waals surface area contributed by atoms with Gasteiger partial charge in [0.2, 0.25) is 0 Å². The predicted octanol–water partition coefficient (Wildman–Crippen LogP) is 5.76. The molecule has 0 aliphatic carbocycles. The van der Waals surface area contributed by atoms with Crippen LogP contribution in [-0.4, -0.2) is 19.8 Å². The Bertz CT molecular complexity index is 1130. The van der Waals surface area contributed by atoms with Gasteiger partial charge in [-0.25, -0.2) is 0 Å². The molecule has 0 bridgehead atoms. The maximum Gasteiger partial charge on any atom is 0.416 e. The van der Waals surface area contributed by atoms with Crippen molar-refractivity contribution in [2.75, 3.05) is 0 Å². The summed E-state index contributed by atoms with van der Waals surface area (Å²) in [5.74, 6) is 0.925. The molecule has 0 aliphatic heterocycles. The molecule has 0 spiro atoms. The van der Waals surface area contributed by atoms with Crippen molar-refractivity contribution >= 4 is 29.0 Å². The van der Waals surface area contributed by atoms with Gasteiger partial charge in [0, 0.05) is 16.3 Å². The normalized spacial score (nSPS) is 11.9. The highest BCUT2D eigenvalue weighted by Crippen LogP contribution is 2.31. The van der Waals surface area contributed by atoms with Crippen LogP contribution < -0.4 is 0 Å². The van der Waals surface area contributed by atoms with Crippen molar-refractivity contribution in [3.8, 4) is 11.4 Å². The Morgan fingerprint density at radius 2 is 1.75 bits per heavy atom. The monoisotopic (exact) mass is 420 g/mol. The number of nitrogens with zero attached hydrogens (tertiary/aromatic N) is 4. The molecule has 4 aromatic rings. The fourth-order valence-corrected chi connectivity index (χ4v) is 3.55. The summed E-state index contributed by atoms with van der Waals surface area (Å²) in [6, 6.07) is 16.0. The molecule has 9 heteroatoms. The number of rotatable bonds is 4. The van der Waals surface area contributed by atoms with Crippen LogP contribution in [0.15, 0.2) is 65.7 Å². The molecule has 28 heavy (non-hydrogen) atoms. The Morgan fingerprint density at radius 3 is 2.50 bits per heavy atom. The summed E-state index contributed by atoms with van der Waals surface area (Å²) in [6.45, 7) is 0. The molecule has 0 N–H and O–H groups in total. The third kappa shape index (κ3) is 3.98. The first-order valence-corrected chi connectivity index (χ1v) is 9.54. The number of halogens is 4. The molecular formula is C19H12ClF3N4S. The molecular weight excluding hydrogens is 409 g/mol. The fourth-order valence-electron chi connectivity index (χ4n) is 2.62. The molecule has 0 radical (unpaired) electrons. The number of fused-ring (bicyclic) bond motifs is 1. The van der Waals surface area contributed by atoms with Crippen LogP contribution in [0.25, 0.3) is 17.0 Å². The van der Waals surface area contributed by atoms with Crippen LogP contribution in [0.5, 0.6) is 0 Å². The van der Waals surface area contributed by atoms with Crippen LogP contribution in [0.1, 0.15) is 11.1 Å². The first-order valence-electron chi connectivity index (χ1n) is 8.17.